The van der Waals surface area contributed by atoms with Gasteiger partial charge in [0.25, 0.3) is 0 Å². The number of carbonyl (C=O) groups is 2. The van der Waals surface area contributed by atoms with E-state index in [1.54, 1.807) is 24.3 Å². The monoisotopic (exact) mass is 304 g/mol. The molecule has 0 spiro atoms. The Morgan fingerprint density at radius 2 is 1.82 bits per heavy atom. The third-order valence-corrected chi connectivity index (χ3v) is 3.98. The molecule has 1 fully saturated rings. The lowest BCUT2D eigenvalue weighted by molar-refractivity contribution is -0.152. The van der Waals surface area contributed by atoms with E-state index in [4.69, 9.17) is 9.47 Å². The first kappa shape index (κ1) is 16.5. The standard InChI is InChI=1S/C18H24O4/c1-2-15(22-18(20)14-9-5-3-6-10-14)13-17(19)21-16-11-7-4-8-12-16/h3,5-6,9-10,15-16H,2,4,7-8,11-13H2,1H3. The van der Waals surface area contributed by atoms with Crippen LogP contribution in [0.2, 0.25) is 0 Å². The molecule has 1 atom stereocenters. The minimum Gasteiger partial charge on any atom is -0.462 e. The van der Waals surface area contributed by atoms with Crippen molar-refractivity contribution in [3.8, 4) is 0 Å². The third kappa shape index (κ3) is 5.17. The molecule has 120 valence electrons. The number of esters is 2. The fourth-order valence-corrected chi connectivity index (χ4v) is 2.67. The maximum atomic E-state index is 12.0. The van der Waals surface area contributed by atoms with Gasteiger partial charge in [-0.3, -0.25) is 4.79 Å². The first-order valence-corrected chi connectivity index (χ1v) is 8.14. The molecule has 0 bridgehead atoms. The van der Waals surface area contributed by atoms with E-state index in [9.17, 15) is 9.59 Å². The highest BCUT2D eigenvalue weighted by Gasteiger charge is 2.22. The Hall–Kier alpha value is -1.84. The summed E-state index contributed by atoms with van der Waals surface area (Å²) >= 11 is 0. The molecule has 0 radical (unpaired) electrons. The van der Waals surface area contributed by atoms with Crippen molar-refractivity contribution in [1.82, 2.24) is 0 Å². The van der Waals surface area contributed by atoms with Crippen LogP contribution in [0.3, 0.4) is 0 Å². The van der Waals surface area contributed by atoms with Gasteiger partial charge in [0.15, 0.2) is 0 Å². The zero-order valence-corrected chi connectivity index (χ0v) is 13.1. The summed E-state index contributed by atoms with van der Waals surface area (Å²) in [5.74, 6) is -0.655. The van der Waals surface area contributed by atoms with Crippen LogP contribution in [-0.2, 0) is 14.3 Å². The van der Waals surface area contributed by atoms with Gasteiger partial charge in [-0.15, -0.1) is 0 Å². The van der Waals surface area contributed by atoms with E-state index >= 15 is 0 Å². The zero-order valence-electron chi connectivity index (χ0n) is 13.1. The van der Waals surface area contributed by atoms with E-state index in [1.165, 1.54) is 6.42 Å². The van der Waals surface area contributed by atoms with Crippen molar-refractivity contribution in [2.24, 2.45) is 0 Å². The molecular weight excluding hydrogens is 280 g/mol. The molecule has 1 aromatic rings. The smallest absolute Gasteiger partial charge is 0.338 e. The van der Waals surface area contributed by atoms with Crippen molar-refractivity contribution in [1.29, 1.82) is 0 Å². The molecular formula is C18H24O4. The average Bonchev–Trinajstić information content (AvgIpc) is 2.55. The lowest BCUT2D eigenvalue weighted by atomic mass is 9.98. The fraction of sp³-hybridized carbons (Fsp3) is 0.556. The predicted octanol–water partition coefficient (Wildman–Crippen LogP) is 3.89. The Morgan fingerprint density at radius 1 is 1.14 bits per heavy atom. The number of carbonyl (C=O) groups excluding carboxylic acids is 2. The van der Waals surface area contributed by atoms with E-state index in [1.807, 2.05) is 13.0 Å². The Balaban J connectivity index is 1.81. The molecule has 2 rings (SSSR count). The summed E-state index contributed by atoms with van der Waals surface area (Å²) in [5.41, 5.74) is 0.501. The number of hydrogen-bond donors (Lipinski definition) is 0. The van der Waals surface area contributed by atoms with Gasteiger partial charge >= 0.3 is 11.9 Å². The Bertz CT molecular complexity index is 477. The highest BCUT2D eigenvalue weighted by atomic mass is 16.6. The largest absolute Gasteiger partial charge is 0.462 e. The van der Waals surface area contributed by atoms with Crippen LogP contribution in [0.15, 0.2) is 30.3 Å². The number of rotatable bonds is 6. The van der Waals surface area contributed by atoms with Gasteiger partial charge in [0.05, 0.1) is 12.0 Å². The zero-order chi connectivity index (χ0) is 15.8. The van der Waals surface area contributed by atoms with Crippen molar-refractivity contribution in [2.45, 2.75) is 64.1 Å². The third-order valence-electron chi connectivity index (χ3n) is 3.98. The summed E-state index contributed by atoms with van der Waals surface area (Å²) in [7, 11) is 0. The van der Waals surface area contributed by atoms with E-state index in [-0.39, 0.29) is 18.5 Å². The maximum Gasteiger partial charge on any atom is 0.338 e. The molecule has 0 N–H and O–H groups in total. The highest BCUT2D eigenvalue weighted by Crippen LogP contribution is 2.21. The second-order valence-electron chi connectivity index (χ2n) is 5.76. The SMILES string of the molecule is CCC(CC(=O)OC1CCCCC1)OC(=O)c1ccccc1. The molecule has 0 saturated heterocycles. The quantitative estimate of drug-likeness (QED) is 0.748. The van der Waals surface area contributed by atoms with Crippen molar-refractivity contribution in [2.75, 3.05) is 0 Å². The predicted molar refractivity (Wildman–Crippen MR) is 83.5 cm³/mol. The summed E-state index contributed by atoms with van der Waals surface area (Å²) in [6, 6.07) is 8.82. The molecule has 4 nitrogen and oxygen atoms in total. The molecule has 0 heterocycles. The number of hydrogen-bond acceptors (Lipinski definition) is 4. The molecule has 1 saturated carbocycles. The molecule has 1 aromatic carbocycles. The minimum atomic E-state index is -0.427. The summed E-state index contributed by atoms with van der Waals surface area (Å²) in [5, 5.41) is 0. The van der Waals surface area contributed by atoms with Gasteiger partial charge in [0, 0.05) is 0 Å². The highest BCUT2D eigenvalue weighted by molar-refractivity contribution is 5.89. The van der Waals surface area contributed by atoms with Crippen LogP contribution >= 0.6 is 0 Å². The van der Waals surface area contributed by atoms with E-state index in [0.29, 0.717) is 12.0 Å². The van der Waals surface area contributed by atoms with E-state index < -0.39 is 12.1 Å². The van der Waals surface area contributed by atoms with Gasteiger partial charge in [0.1, 0.15) is 12.2 Å². The van der Waals surface area contributed by atoms with Gasteiger partial charge in [-0.05, 0) is 44.2 Å². The van der Waals surface area contributed by atoms with Crippen LogP contribution in [0.1, 0.15) is 62.2 Å². The van der Waals surface area contributed by atoms with Crippen molar-refractivity contribution in [3.63, 3.8) is 0 Å². The molecule has 4 heteroatoms. The topological polar surface area (TPSA) is 52.6 Å². The second kappa shape index (κ2) is 8.57. The Labute approximate surface area is 131 Å². The molecule has 22 heavy (non-hydrogen) atoms. The fourth-order valence-electron chi connectivity index (χ4n) is 2.67. The summed E-state index contributed by atoms with van der Waals surface area (Å²) in [4.78, 5) is 24.0. The Kier molecular flexibility index (Phi) is 6.44. The molecule has 0 amide bonds. The van der Waals surface area contributed by atoms with E-state index in [2.05, 4.69) is 0 Å². The summed E-state index contributed by atoms with van der Waals surface area (Å²) < 4.78 is 10.9. The lowest BCUT2D eigenvalue weighted by Crippen LogP contribution is -2.26. The molecule has 1 unspecified atom stereocenters. The molecule has 0 aromatic heterocycles. The first-order valence-electron chi connectivity index (χ1n) is 8.14. The molecule has 0 aliphatic heterocycles. The van der Waals surface area contributed by atoms with Crippen molar-refractivity contribution in [3.05, 3.63) is 35.9 Å². The number of benzene rings is 1. The van der Waals surface area contributed by atoms with Crippen LogP contribution < -0.4 is 0 Å². The maximum absolute atomic E-state index is 12.0. The minimum absolute atomic E-state index is 0.0450. The van der Waals surface area contributed by atoms with Crippen LogP contribution in [-0.4, -0.2) is 24.1 Å². The number of ether oxygens (including phenoxy) is 2. The average molecular weight is 304 g/mol. The summed E-state index contributed by atoms with van der Waals surface area (Å²) in [6.45, 7) is 1.90. The molecule has 1 aliphatic carbocycles. The molecule has 1 aliphatic rings. The van der Waals surface area contributed by atoms with Crippen LogP contribution in [0.25, 0.3) is 0 Å². The second-order valence-corrected chi connectivity index (χ2v) is 5.76. The van der Waals surface area contributed by atoms with E-state index in [0.717, 1.165) is 25.7 Å². The first-order chi connectivity index (χ1) is 10.7. The van der Waals surface area contributed by atoms with Gasteiger partial charge in [-0.2, -0.15) is 0 Å². The van der Waals surface area contributed by atoms with Crippen LogP contribution in [0.5, 0.6) is 0 Å². The van der Waals surface area contributed by atoms with Crippen LogP contribution in [0, 0.1) is 0 Å². The van der Waals surface area contributed by atoms with Gasteiger partial charge in [-0.25, -0.2) is 4.79 Å². The summed E-state index contributed by atoms with van der Waals surface area (Å²) in [6.07, 6.45) is 5.71. The van der Waals surface area contributed by atoms with Crippen molar-refractivity contribution < 1.29 is 19.1 Å². The van der Waals surface area contributed by atoms with Gasteiger partial charge < -0.3 is 9.47 Å². The van der Waals surface area contributed by atoms with Crippen molar-refractivity contribution >= 4 is 11.9 Å². The van der Waals surface area contributed by atoms with Crippen LogP contribution in [0.4, 0.5) is 0 Å². The van der Waals surface area contributed by atoms with Gasteiger partial charge in [-0.1, -0.05) is 31.5 Å². The Morgan fingerprint density at radius 3 is 2.45 bits per heavy atom. The normalized spacial score (nSPS) is 16.8. The van der Waals surface area contributed by atoms with Gasteiger partial charge in [0.2, 0.25) is 0 Å². The lowest BCUT2D eigenvalue weighted by Gasteiger charge is -2.23.